The Bertz CT molecular complexity index is 1120. The number of aromatic nitrogens is 2. The standard InChI is InChI=1S/C27H35ClN6O2/c1-4-33(14-15-36-3)23-17-21(18-24(19-23)34-12-9-25(35)10-13-34)30-27-29-11-8-26(31-27)32(2)22-7-5-6-20(28)16-22/h5-8,11,16-19,25,35H,4,9-10,12-15H2,1-3H3,(H,29,30,31). The molecule has 2 N–H and O–H groups in total. The van der Waals surface area contributed by atoms with E-state index in [2.05, 4.69) is 45.2 Å². The number of likely N-dealkylation sites (N-methyl/N-ethyl adjacent to an activating group) is 1. The second-order valence-electron chi connectivity index (χ2n) is 8.93. The van der Waals surface area contributed by atoms with Gasteiger partial charge in [0.05, 0.1) is 12.7 Å². The quantitative estimate of drug-likeness (QED) is 0.391. The van der Waals surface area contributed by atoms with Crippen LogP contribution in [-0.2, 0) is 4.74 Å². The van der Waals surface area contributed by atoms with Gasteiger partial charge in [-0.3, -0.25) is 0 Å². The highest BCUT2D eigenvalue weighted by atomic mass is 35.5. The summed E-state index contributed by atoms with van der Waals surface area (Å²) in [6.45, 7) is 6.10. The summed E-state index contributed by atoms with van der Waals surface area (Å²) in [5, 5.41) is 14.1. The fourth-order valence-electron chi connectivity index (χ4n) is 4.37. The van der Waals surface area contributed by atoms with Crippen LogP contribution >= 0.6 is 11.6 Å². The van der Waals surface area contributed by atoms with Crippen molar-refractivity contribution in [1.82, 2.24) is 9.97 Å². The molecule has 192 valence electrons. The molecule has 1 aliphatic rings. The van der Waals surface area contributed by atoms with Crippen molar-refractivity contribution >= 4 is 46.1 Å². The van der Waals surface area contributed by atoms with E-state index in [1.807, 2.05) is 42.3 Å². The normalized spacial score (nSPS) is 14.1. The highest BCUT2D eigenvalue weighted by Crippen LogP contribution is 2.32. The number of hydrogen-bond acceptors (Lipinski definition) is 8. The van der Waals surface area contributed by atoms with Gasteiger partial charge in [0.1, 0.15) is 5.82 Å². The molecule has 0 amide bonds. The van der Waals surface area contributed by atoms with E-state index in [4.69, 9.17) is 21.3 Å². The van der Waals surface area contributed by atoms with Crippen LogP contribution in [0.3, 0.4) is 0 Å². The van der Waals surface area contributed by atoms with E-state index in [9.17, 15) is 5.11 Å². The third-order valence-corrected chi connectivity index (χ3v) is 6.72. The van der Waals surface area contributed by atoms with Crippen molar-refractivity contribution in [2.24, 2.45) is 0 Å². The molecule has 0 atom stereocenters. The minimum absolute atomic E-state index is 0.219. The molecule has 1 fully saturated rings. The molecule has 0 unspecified atom stereocenters. The van der Waals surface area contributed by atoms with Crippen LogP contribution in [-0.4, -0.2) is 68.1 Å². The molecule has 0 spiro atoms. The number of halogens is 1. The van der Waals surface area contributed by atoms with E-state index in [1.54, 1.807) is 13.3 Å². The van der Waals surface area contributed by atoms with E-state index in [0.717, 1.165) is 67.6 Å². The molecule has 1 aliphatic heterocycles. The number of rotatable bonds is 10. The van der Waals surface area contributed by atoms with Crippen LogP contribution < -0.4 is 20.0 Å². The minimum Gasteiger partial charge on any atom is -0.393 e. The number of nitrogens with zero attached hydrogens (tertiary/aromatic N) is 5. The van der Waals surface area contributed by atoms with Crippen LogP contribution in [0.5, 0.6) is 0 Å². The van der Waals surface area contributed by atoms with Crippen LogP contribution in [0.25, 0.3) is 0 Å². The van der Waals surface area contributed by atoms with Gasteiger partial charge in [-0.05, 0) is 62.2 Å². The zero-order valence-electron chi connectivity index (χ0n) is 21.2. The van der Waals surface area contributed by atoms with Crippen molar-refractivity contribution in [3.8, 4) is 0 Å². The first-order chi connectivity index (χ1) is 17.5. The van der Waals surface area contributed by atoms with Gasteiger partial charge in [0, 0.05) is 74.3 Å². The average Bonchev–Trinajstić information content (AvgIpc) is 2.89. The Morgan fingerprint density at radius 3 is 2.67 bits per heavy atom. The van der Waals surface area contributed by atoms with Crippen molar-refractivity contribution in [2.45, 2.75) is 25.9 Å². The van der Waals surface area contributed by atoms with E-state index in [1.165, 1.54) is 0 Å². The molecule has 2 heterocycles. The Morgan fingerprint density at radius 2 is 1.94 bits per heavy atom. The lowest BCUT2D eigenvalue weighted by molar-refractivity contribution is 0.145. The number of aliphatic hydroxyl groups excluding tert-OH is 1. The number of aliphatic hydroxyl groups is 1. The highest BCUT2D eigenvalue weighted by molar-refractivity contribution is 6.30. The number of benzene rings is 2. The molecule has 1 aromatic heterocycles. The Kier molecular flexibility index (Phi) is 8.85. The smallest absolute Gasteiger partial charge is 0.229 e. The lowest BCUT2D eigenvalue weighted by atomic mass is 10.1. The van der Waals surface area contributed by atoms with Crippen LogP contribution in [0.2, 0.25) is 5.02 Å². The summed E-state index contributed by atoms with van der Waals surface area (Å²) >= 11 is 6.18. The Balaban J connectivity index is 1.62. The summed E-state index contributed by atoms with van der Waals surface area (Å²) in [4.78, 5) is 15.8. The average molecular weight is 511 g/mol. The van der Waals surface area contributed by atoms with Gasteiger partial charge in [-0.2, -0.15) is 4.98 Å². The van der Waals surface area contributed by atoms with Gasteiger partial charge in [0.15, 0.2) is 0 Å². The molecule has 0 radical (unpaired) electrons. The molecule has 4 rings (SSSR count). The van der Waals surface area contributed by atoms with E-state index >= 15 is 0 Å². The number of nitrogens with one attached hydrogen (secondary N) is 1. The molecule has 0 aliphatic carbocycles. The first-order valence-corrected chi connectivity index (χ1v) is 12.8. The van der Waals surface area contributed by atoms with Crippen LogP contribution in [0.15, 0.2) is 54.7 Å². The zero-order valence-corrected chi connectivity index (χ0v) is 21.9. The Morgan fingerprint density at radius 1 is 1.14 bits per heavy atom. The maximum absolute atomic E-state index is 9.98. The number of anilines is 6. The predicted molar refractivity (Wildman–Crippen MR) is 148 cm³/mol. The zero-order chi connectivity index (χ0) is 25.5. The summed E-state index contributed by atoms with van der Waals surface area (Å²) in [5.41, 5.74) is 4.07. The third-order valence-electron chi connectivity index (χ3n) is 6.48. The van der Waals surface area contributed by atoms with E-state index in [-0.39, 0.29) is 6.10 Å². The summed E-state index contributed by atoms with van der Waals surface area (Å²) < 4.78 is 5.33. The lowest BCUT2D eigenvalue weighted by Crippen LogP contribution is -2.36. The van der Waals surface area contributed by atoms with Crippen molar-refractivity contribution in [2.75, 3.05) is 67.0 Å². The van der Waals surface area contributed by atoms with Gasteiger partial charge in [-0.15, -0.1) is 0 Å². The molecule has 0 saturated carbocycles. The predicted octanol–water partition coefficient (Wildman–Crippen LogP) is 5.08. The summed E-state index contributed by atoms with van der Waals surface area (Å²) in [6.07, 6.45) is 3.08. The lowest BCUT2D eigenvalue weighted by Gasteiger charge is -2.33. The van der Waals surface area contributed by atoms with Crippen molar-refractivity contribution in [3.63, 3.8) is 0 Å². The molecule has 0 bridgehead atoms. The maximum atomic E-state index is 9.98. The SMILES string of the molecule is CCN(CCOC)c1cc(Nc2nccc(N(C)c3cccc(Cl)c3)n2)cc(N2CCC(O)CC2)c1. The van der Waals surface area contributed by atoms with Crippen molar-refractivity contribution in [3.05, 3.63) is 59.8 Å². The van der Waals surface area contributed by atoms with Gasteiger partial charge in [0.25, 0.3) is 0 Å². The maximum Gasteiger partial charge on any atom is 0.229 e. The molecule has 1 saturated heterocycles. The number of hydrogen-bond donors (Lipinski definition) is 2. The largest absolute Gasteiger partial charge is 0.393 e. The van der Waals surface area contributed by atoms with Crippen molar-refractivity contribution in [1.29, 1.82) is 0 Å². The van der Waals surface area contributed by atoms with Crippen molar-refractivity contribution < 1.29 is 9.84 Å². The summed E-state index contributed by atoms with van der Waals surface area (Å²) in [6, 6.07) is 16.0. The van der Waals surface area contributed by atoms with Gasteiger partial charge >= 0.3 is 0 Å². The summed E-state index contributed by atoms with van der Waals surface area (Å²) in [7, 11) is 3.68. The first-order valence-electron chi connectivity index (χ1n) is 12.4. The topological polar surface area (TPSA) is 77.0 Å². The molecular formula is C27H35ClN6O2. The fourth-order valence-corrected chi connectivity index (χ4v) is 4.55. The Labute approximate surface area is 218 Å². The van der Waals surface area contributed by atoms with Crippen LogP contribution in [0.1, 0.15) is 19.8 Å². The Hall–Kier alpha value is -3.07. The van der Waals surface area contributed by atoms with Crippen LogP contribution in [0.4, 0.5) is 34.5 Å². The van der Waals surface area contributed by atoms with E-state index < -0.39 is 0 Å². The number of methoxy groups -OCH3 is 1. The van der Waals surface area contributed by atoms with Gasteiger partial charge < -0.3 is 29.9 Å². The van der Waals surface area contributed by atoms with Crippen LogP contribution in [0, 0.1) is 0 Å². The minimum atomic E-state index is -0.219. The molecule has 3 aromatic rings. The first kappa shape index (κ1) is 26.0. The summed E-state index contributed by atoms with van der Waals surface area (Å²) in [5.74, 6) is 1.27. The fraction of sp³-hybridized carbons (Fsp3) is 0.407. The molecule has 8 nitrogen and oxygen atoms in total. The van der Waals surface area contributed by atoms with Gasteiger partial charge in [0.2, 0.25) is 5.95 Å². The van der Waals surface area contributed by atoms with Gasteiger partial charge in [-0.25, -0.2) is 4.98 Å². The number of piperidine rings is 1. The monoisotopic (exact) mass is 510 g/mol. The number of ether oxygens (including phenoxy) is 1. The highest BCUT2D eigenvalue weighted by Gasteiger charge is 2.19. The van der Waals surface area contributed by atoms with E-state index in [0.29, 0.717) is 17.6 Å². The van der Waals surface area contributed by atoms with Gasteiger partial charge in [-0.1, -0.05) is 17.7 Å². The molecule has 36 heavy (non-hydrogen) atoms. The third kappa shape index (κ3) is 6.57. The second kappa shape index (κ2) is 12.3. The second-order valence-corrected chi connectivity index (χ2v) is 9.37. The molecular weight excluding hydrogens is 476 g/mol. The molecule has 9 heteroatoms. The molecule has 2 aromatic carbocycles.